The highest BCUT2D eigenvalue weighted by Crippen LogP contribution is 2.39. The summed E-state index contributed by atoms with van der Waals surface area (Å²) in [4.78, 5) is 0. The number of halogens is 4. The topological polar surface area (TPSA) is 55.5 Å². The van der Waals surface area contributed by atoms with Crippen molar-refractivity contribution < 1.29 is 27.4 Å². The first-order chi connectivity index (χ1) is 9.21. The van der Waals surface area contributed by atoms with E-state index in [-0.39, 0.29) is 12.0 Å². The molecule has 20 heavy (non-hydrogen) atoms. The van der Waals surface area contributed by atoms with Gasteiger partial charge in [0, 0.05) is 11.1 Å². The maximum Gasteiger partial charge on any atom is 0.573 e. The third kappa shape index (κ3) is 3.21. The molecule has 1 aromatic rings. The van der Waals surface area contributed by atoms with Crippen molar-refractivity contribution in [1.29, 1.82) is 0 Å². The molecule has 0 heterocycles. The highest BCUT2D eigenvalue weighted by atomic mass is 19.4. The lowest BCUT2D eigenvalue weighted by Gasteiger charge is -2.36. The van der Waals surface area contributed by atoms with Gasteiger partial charge in [-0.3, -0.25) is 0 Å². The van der Waals surface area contributed by atoms with Gasteiger partial charge < -0.3 is 15.6 Å². The van der Waals surface area contributed by atoms with Crippen molar-refractivity contribution >= 4 is 0 Å². The Balaban J connectivity index is 2.35. The molecular formula is C13H15F4NO2. The van der Waals surface area contributed by atoms with E-state index in [0.29, 0.717) is 19.3 Å². The van der Waals surface area contributed by atoms with Crippen LogP contribution in [0.1, 0.15) is 31.2 Å². The number of alkyl halides is 3. The lowest BCUT2D eigenvalue weighted by molar-refractivity contribution is -0.275. The van der Waals surface area contributed by atoms with Crippen LogP contribution < -0.4 is 10.5 Å². The van der Waals surface area contributed by atoms with Gasteiger partial charge in [0.1, 0.15) is 0 Å². The molecule has 1 aliphatic rings. The SMILES string of the molecule is NC1(c2cccc(OC(F)(F)F)c2F)CCCC(O)C1. The molecule has 2 rings (SSSR count). The zero-order valence-electron chi connectivity index (χ0n) is 10.6. The molecule has 3 N–H and O–H groups in total. The van der Waals surface area contributed by atoms with E-state index in [1.165, 1.54) is 12.1 Å². The Morgan fingerprint density at radius 3 is 2.65 bits per heavy atom. The molecule has 0 saturated heterocycles. The zero-order chi connectivity index (χ0) is 15.0. The fourth-order valence-electron chi connectivity index (χ4n) is 2.62. The molecule has 0 radical (unpaired) electrons. The van der Waals surface area contributed by atoms with Crippen LogP contribution in [0.15, 0.2) is 18.2 Å². The van der Waals surface area contributed by atoms with Crippen molar-refractivity contribution in [2.45, 2.75) is 43.7 Å². The van der Waals surface area contributed by atoms with E-state index in [0.717, 1.165) is 6.07 Å². The first kappa shape index (κ1) is 15.1. The second-order valence-electron chi connectivity index (χ2n) is 5.07. The number of rotatable bonds is 2. The Morgan fingerprint density at radius 1 is 1.35 bits per heavy atom. The first-order valence-electron chi connectivity index (χ1n) is 6.23. The van der Waals surface area contributed by atoms with Gasteiger partial charge in [0.25, 0.3) is 0 Å². The maximum absolute atomic E-state index is 14.2. The van der Waals surface area contributed by atoms with Gasteiger partial charge in [0.05, 0.1) is 6.10 Å². The summed E-state index contributed by atoms with van der Waals surface area (Å²) in [7, 11) is 0. The second kappa shape index (κ2) is 5.21. The smallest absolute Gasteiger partial charge is 0.403 e. The second-order valence-corrected chi connectivity index (χ2v) is 5.07. The Bertz CT molecular complexity index is 492. The van der Waals surface area contributed by atoms with Gasteiger partial charge in [-0.15, -0.1) is 13.2 Å². The van der Waals surface area contributed by atoms with Crippen LogP contribution in [-0.4, -0.2) is 17.6 Å². The third-order valence-electron chi connectivity index (χ3n) is 3.49. The van der Waals surface area contributed by atoms with Crippen LogP contribution in [-0.2, 0) is 5.54 Å². The van der Waals surface area contributed by atoms with Crippen molar-refractivity contribution in [2.75, 3.05) is 0 Å². The largest absolute Gasteiger partial charge is 0.573 e. The van der Waals surface area contributed by atoms with Crippen LogP contribution in [0.5, 0.6) is 5.75 Å². The molecule has 0 spiro atoms. The fourth-order valence-corrected chi connectivity index (χ4v) is 2.62. The normalized spacial score (nSPS) is 27.4. The molecule has 0 bridgehead atoms. The van der Waals surface area contributed by atoms with Gasteiger partial charge >= 0.3 is 6.36 Å². The van der Waals surface area contributed by atoms with Gasteiger partial charge in [-0.1, -0.05) is 12.1 Å². The van der Waals surface area contributed by atoms with Gasteiger partial charge in [0.15, 0.2) is 11.6 Å². The number of aliphatic hydroxyl groups excluding tert-OH is 1. The van der Waals surface area contributed by atoms with E-state index in [2.05, 4.69) is 4.74 Å². The van der Waals surface area contributed by atoms with Crippen LogP contribution in [0, 0.1) is 5.82 Å². The van der Waals surface area contributed by atoms with Crippen molar-refractivity contribution in [2.24, 2.45) is 5.73 Å². The van der Waals surface area contributed by atoms with Gasteiger partial charge in [0.2, 0.25) is 0 Å². The fraction of sp³-hybridized carbons (Fsp3) is 0.538. The molecule has 0 aliphatic heterocycles. The lowest BCUT2D eigenvalue weighted by atomic mass is 9.76. The molecule has 3 nitrogen and oxygen atoms in total. The Morgan fingerprint density at radius 2 is 2.05 bits per heavy atom. The Hall–Kier alpha value is -1.34. The summed E-state index contributed by atoms with van der Waals surface area (Å²) in [6.07, 6.45) is -4.00. The van der Waals surface area contributed by atoms with Gasteiger partial charge in [-0.05, 0) is 31.7 Å². The van der Waals surface area contributed by atoms with Crippen LogP contribution in [0.25, 0.3) is 0 Å². The van der Waals surface area contributed by atoms with E-state index in [9.17, 15) is 22.7 Å². The predicted molar refractivity (Wildman–Crippen MR) is 63.4 cm³/mol. The molecule has 112 valence electrons. The van der Waals surface area contributed by atoms with E-state index in [1.54, 1.807) is 0 Å². The van der Waals surface area contributed by atoms with Crippen LogP contribution in [0.3, 0.4) is 0 Å². The average molecular weight is 293 g/mol. The number of ether oxygens (including phenoxy) is 1. The van der Waals surface area contributed by atoms with E-state index in [1.807, 2.05) is 0 Å². The van der Waals surface area contributed by atoms with Gasteiger partial charge in [-0.25, -0.2) is 4.39 Å². The molecule has 0 amide bonds. The molecular weight excluding hydrogens is 278 g/mol. The van der Waals surface area contributed by atoms with Crippen LogP contribution >= 0.6 is 0 Å². The highest BCUT2D eigenvalue weighted by Gasteiger charge is 2.38. The van der Waals surface area contributed by atoms with Crippen molar-refractivity contribution in [1.82, 2.24) is 0 Å². The van der Waals surface area contributed by atoms with Gasteiger partial charge in [-0.2, -0.15) is 0 Å². The minimum absolute atomic E-state index is 0.0574. The number of hydrogen-bond acceptors (Lipinski definition) is 3. The molecule has 1 aromatic carbocycles. The minimum Gasteiger partial charge on any atom is -0.403 e. The standard InChI is InChI=1S/C13H15F4NO2/c14-11-9(12(18)6-2-3-8(19)7-12)4-1-5-10(11)20-13(15,16)17/h1,4-5,8,19H,2-3,6-7,18H2. The summed E-state index contributed by atoms with van der Waals surface area (Å²) in [5.41, 5.74) is 4.84. The zero-order valence-corrected chi connectivity index (χ0v) is 10.6. The monoisotopic (exact) mass is 293 g/mol. The lowest BCUT2D eigenvalue weighted by Crippen LogP contribution is -2.43. The number of hydrogen-bond donors (Lipinski definition) is 2. The summed E-state index contributed by atoms with van der Waals surface area (Å²) in [6, 6.07) is 3.49. The molecule has 2 atom stereocenters. The number of aliphatic hydroxyl groups is 1. The van der Waals surface area contributed by atoms with Crippen molar-refractivity contribution in [3.63, 3.8) is 0 Å². The summed E-state index contributed by atoms with van der Waals surface area (Å²) in [6.45, 7) is 0. The average Bonchev–Trinajstić information content (AvgIpc) is 2.29. The van der Waals surface area contributed by atoms with Crippen molar-refractivity contribution in [3.05, 3.63) is 29.6 Å². The summed E-state index contributed by atoms with van der Waals surface area (Å²) >= 11 is 0. The number of benzene rings is 1. The summed E-state index contributed by atoms with van der Waals surface area (Å²) < 4.78 is 54.4. The summed E-state index contributed by atoms with van der Waals surface area (Å²) in [5, 5.41) is 9.64. The Labute approximate surface area is 113 Å². The number of nitrogens with two attached hydrogens (primary N) is 1. The van der Waals surface area contributed by atoms with Crippen LogP contribution in [0.2, 0.25) is 0 Å². The predicted octanol–water partition coefficient (Wildman–Crippen LogP) is 2.81. The third-order valence-corrected chi connectivity index (χ3v) is 3.49. The molecule has 7 heteroatoms. The minimum atomic E-state index is -4.96. The van der Waals surface area contributed by atoms with E-state index >= 15 is 0 Å². The quantitative estimate of drug-likeness (QED) is 0.824. The molecule has 1 fully saturated rings. The van der Waals surface area contributed by atoms with E-state index < -0.39 is 29.6 Å². The highest BCUT2D eigenvalue weighted by molar-refractivity contribution is 5.36. The maximum atomic E-state index is 14.2. The van der Waals surface area contributed by atoms with Crippen molar-refractivity contribution in [3.8, 4) is 5.75 Å². The first-order valence-corrected chi connectivity index (χ1v) is 6.23. The molecule has 1 aliphatic carbocycles. The van der Waals surface area contributed by atoms with E-state index in [4.69, 9.17) is 5.73 Å². The Kier molecular flexibility index (Phi) is 3.93. The molecule has 0 aromatic heterocycles. The molecule has 1 saturated carbocycles. The summed E-state index contributed by atoms with van der Waals surface area (Å²) in [5.74, 6) is -2.03. The molecule has 2 unspecified atom stereocenters. The van der Waals surface area contributed by atoms with Crippen LogP contribution in [0.4, 0.5) is 17.6 Å².